The van der Waals surface area contributed by atoms with E-state index in [-0.39, 0.29) is 28.5 Å². The van der Waals surface area contributed by atoms with E-state index in [1.807, 2.05) is 41.5 Å². The van der Waals surface area contributed by atoms with Crippen LogP contribution in [0.5, 0.6) is 0 Å². The van der Waals surface area contributed by atoms with E-state index in [0.29, 0.717) is 0 Å². The molecule has 0 aliphatic carbocycles. The molecule has 0 radical (unpaired) electrons. The fourth-order valence-corrected chi connectivity index (χ4v) is 0.671. The Morgan fingerprint density at radius 3 is 0.619 bits per heavy atom. The molecule has 4 nitrogen and oxygen atoms in total. The SMILES string of the molecule is CC[N-]CC.CC[N-]CC.CC[N-]CC.C[C-](C)C.[NH2-].[Nb+5]. The van der Waals surface area contributed by atoms with E-state index >= 15 is 0 Å². The Morgan fingerprint density at radius 2 is 0.619 bits per heavy atom. The fourth-order valence-electron chi connectivity index (χ4n) is 0.671. The van der Waals surface area contributed by atoms with Crippen LogP contribution in [-0.4, -0.2) is 39.3 Å². The third kappa shape index (κ3) is 164. The minimum Gasteiger partial charge on any atom is -0.693 e. The Balaban J connectivity index is -0.0000000347. The summed E-state index contributed by atoms with van der Waals surface area (Å²) in [4.78, 5) is 0. The predicted octanol–water partition coefficient (Wildman–Crippen LogP) is 6.53. The van der Waals surface area contributed by atoms with Gasteiger partial charge in [-0.15, -0.1) is 0 Å². The van der Waals surface area contributed by atoms with E-state index in [0.717, 1.165) is 39.3 Å². The molecule has 0 aromatic rings. The molecule has 0 amide bonds. The van der Waals surface area contributed by atoms with E-state index in [4.69, 9.17) is 0 Å². The normalized spacial score (nSPS) is 7.71. The first-order chi connectivity index (χ1) is 8.97. The third-order valence-electron chi connectivity index (χ3n) is 1.34. The number of hydrogen-bond acceptors (Lipinski definition) is 0. The van der Waals surface area contributed by atoms with Crippen molar-refractivity contribution in [1.29, 1.82) is 0 Å². The molecule has 0 aromatic heterocycles. The summed E-state index contributed by atoms with van der Waals surface area (Å²) in [5.41, 5.74) is 0. The number of nitrogens with zero attached hydrogens (tertiary/aromatic N) is 3. The first-order valence-corrected chi connectivity index (χ1v) is 7.64. The van der Waals surface area contributed by atoms with Gasteiger partial charge in [-0.2, -0.15) is 60.0 Å². The van der Waals surface area contributed by atoms with Gasteiger partial charge in [0.1, 0.15) is 0 Å². The van der Waals surface area contributed by atoms with Crippen LogP contribution in [0.4, 0.5) is 0 Å². The van der Waals surface area contributed by atoms with Crippen LogP contribution in [0.1, 0.15) is 62.3 Å². The number of rotatable bonds is 6. The molecule has 0 saturated heterocycles. The van der Waals surface area contributed by atoms with E-state index in [9.17, 15) is 0 Å². The van der Waals surface area contributed by atoms with Gasteiger partial charge in [0.15, 0.2) is 0 Å². The van der Waals surface area contributed by atoms with Gasteiger partial charge in [0.25, 0.3) is 0 Å². The quantitative estimate of drug-likeness (QED) is 0.370. The van der Waals surface area contributed by atoms with Crippen LogP contribution in [0, 0.1) is 5.92 Å². The van der Waals surface area contributed by atoms with Crippen LogP contribution in [0.25, 0.3) is 22.1 Å². The second-order valence-electron chi connectivity index (χ2n) is 4.07. The molecule has 0 unspecified atom stereocenters. The average molecular weight is 382 g/mol. The second kappa shape index (κ2) is 49.9. The molecule has 2 N–H and O–H groups in total. The van der Waals surface area contributed by atoms with Gasteiger partial charge in [-0.3, -0.25) is 0 Å². The van der Waals surface area contributed by atoms with Gasteiger partial charge in [-0.25, -0.2) is 0 Å². The van der Waals surface area contributed by atoms with Gasteiger partial charge in [0.2, 0.25) is 0 Å². The van der Waals surface area contributed by atoms with Crippen molar-refractivity contribution in [2.45, 2.75) is 62.3 Å². The van der Waals surface area contributed by atoms with E-state index in [2.05, 4.69) is 36.7 Å². The minimum absolute atomic E-state index is 0. The molecule has 21 heavy (non-hydrogen) atoms. The molecule has 0 heterocycles. The summed E-state index contributed by atoms with van der Waals surface area (Å²) in [6, 6.07) is 0. The predicted molar refractivity (Wildman–Crippen MR) is 98.9 cm³/mol. The Kier molecular flexibility index (Phi) is 89.4. The third-order valence-corrected chi connectivity index (χ3v) is 1.34. The van der Waals surface area contributed by atoms with E-state index < -0.39 is 0 Å². The average Bonchev–Trinajstić information content (AvgIpc) is 2.33. The van der Waals surface area contributed by atoms with Crippen molar-refractivity contribution in [2.24, 2.45) is 0 Å². The van der Waals surface area contributed by atoms with Crippen LogP contribution >= 0.6 is 0 Å². The number of nitrogens with two attached hydrogens (primary N) is 1. The van der Waals surface area contributed by atoms with Gasteiger partial charge in [0, 0.05) is 0 Å². The minimum atomic E-state index is 0. The molecule has 0 aliphatic heterocycles. The van der Waals surface area contributed by atoms with Gasteiger partial charge in [-0.05, 0) is 0 Å². The zero-order chi connectivity index (χ0) is 15.9. The molecule has 0 saturated carbocycles. The van der Waals surface area contributed by atoms with Crippen molar-refractivity contribution < 1.29 is 22.4 Å². The van der Waals surface area contributed by atoms with Crippen molar-refractivity contribution in [3.05, 3.63) is 28.0 Å². The molecule has 0 aliphatic rings. The summed E-state index contributed by atoms with van der Waals surface area (Å²) in [6.45, 7) is 24.3. The van der Waals surface area contributed by atoms with Crippen LogP contribution in [0.3, 0.4) is 0 Å². The number of hydrogen-bond donors (Lipinski definition) is 0. The van der Waals surface area contributed by atoms with Gasteiger partial charge in [-0.1, -0.05) is 41.5 Å². The largest absolute Gasteiger partial charge is 5.00 e. The molecule has 0 rings (SSSR count). The van der Waals surface area contributed by atoms with Gasteiger partial charge in [0.05, 0.1) is 0 Å². The molecule has 0 bridgehead atoms. The summed E-state index contributed by atoms with van der Waals surface area (Å²) in [6.07, 6.45) is 0. The molecule has 130 valence electrons. The maximum atomic E-state index is 3.97. The summed E-state index contributed by atoms with van der Waals surface area (Å²) in [5, 5.41) is 11.9. The molecule has 0 fully saturated rings. The van der Waals surface area contributed by atoms with Gasteiger partial charge >= 0.3 is 22.4 Å². The van der Waals surface area contributed by atoms with Crippen molar-refractivity contribution in [3.63, 3.8) is 0 Å². The Morgan fingerprint density at radius 1 is 0.524 bits per heavy atom. The van der Waals surface area contributed by atoms with Crippen molar-refractivity contribution in [3.8, 4) is 0 Å². The Bertz CT molecular complexity index is 81.3. The first kappa shape index (κ1) is 37.7. The zero-order valence-electron chi connectivity index (χ0n) is 16.1. The topological polar surface area (TPSA) is 75.8 Å². The van der Waals surface area contributed by atoms with E-state index in [1.165, 1.54) is 5.92 Å². The standard InChI is InChI=1S/3C4H10N.C4H9.H2N.Nb/c3*1-3-5-4-2;1-4(2)3;;/h3*3-4H2,1-2H3;1-3H3;1H2;/q5*-1;+5. The Hall–Kier alpha value is 0.580. The van der Waals surface area contributed by atoms with Crippen molar-refractivity contribution in [2.75, 3.05) is 39.3 Å². The first-order valence-electron chi connectivity index (χ1n) is 7.64. The van der Waals surface area contributed by atoms with Crippen molar-refractivity contribution >= 4 is 0 Å². The molecule has 0 atom stereocenters. The van der Waals surface area contributed by atoms with Crippen LogP contribution in [0.15, 0.2) is 0 Å². The van der Waals surface area contributed by atoms with Crippen LogP contribution in [0.2, 0.25) is 0 Å². The Labute approximate surface area is 152 Å². The second-order valence-corrected chi connectivity index (χ2v) is 4.07. The smallest absolute Gasteiger partial charge is 0.693 e. The molecular formula is C16H41N4Nb. The van der Waals surface area contributed by atoms with Crippen LogP contribution in [-0.2, 0) is 22.4 Å². The van der Waals surface area contributed by atoms with Crippen LogP contribution < -0.4 is 0 Å². The summed E-state index contributed by atoms with van der Waals surface area (Å²) >= 11 is 0. The van der Waals surface area contributed by atoms with Gasteiger partial charge < -0.3 is 28.0 Å². The fraction of sp³-hybridized carbons (Fsp3) is 0.938. The monoisotopic (exact) mass is 382 g/mol. The summed E-state index contributed by atoms with van der Waals surface area (Å²) in [7, 11) is 0. The zero-order valence-corrected chi connectivity index (χ0v) is 18.3. The molecule has 5 heteroatoms. The summed E-state index contributed by atoms with van der Waals surface area (Å²) in [5.74, 6) is 1.42. The molecular weight excluding hydrogens is 341 g/mol. The summed E-state index contributed by atoms with van der Waals surface area (Å²) < 4.78 is 0. The maximum Gasteiger partial charge on any atom is 5.00 e. The molecule has 0 aromatic carbocycles. The molecule has 0 spiro atoms. The maximum absolute atomic E-state index is 3.97. The van der Waals surface area contributed by atoms with E-state index in [1.54, 1.807) is 0 Å². The van der Waals surface area contributed by atoms with Crippen molar-refractivity contribution in [1.82, 2.24) is 0 Å².